The van der Waals surface area contributed by atoms with E-state index >= 15 is 8.78 Å². The molecule has 2 aromatic rings. The molecule has 0 bridgehead atoms. The summed E-state index contributed by atoms with van der Waals surface area (Å²) < 4.78 is 60.7. The van der Waals surface area contributed by atoms with E-state index in [4.69, 9.17) is 18.8 Å². The number of furan rings is 1. The molecule has 13 nitrogen and oxygen atoms in total. The van der Waals surface area contributed by atoms with Crippen LogP contribution in [0, 0.1) is 21.7 Å². The largest absolute Gasteiger partial charge is 0.461 e. The van der Waals surface area contributed by atoms with Crippen LogP contribution in [0.1, 0.15) is 10.6 Å². The second-order valence-corrected chi connectivity index (χ2v) is 8.14. The number of carbonyl (C=O) groups is 3. The summed E-state index contributed by atoms with van der Waals surface area (Å²) in [6, 6.07) is 4.55. The van der Waals surface area contributed by atoms with E-state index in [1.54, 1.807) is 19.0 Å². The Hall–Kier alpha value is -4.25. The molecule has 1 N–H and O–H groups in total. The Morgan fingerprint density at radius 3 is 2.40 bits per heavy atom. The van der Waals surface area contributed by atoms with E-state index in [0.717, 1.165) is 17.2 Å². The summed E-state index contributed by atoms with van der Waals surface area (Å²) in [5.41, 5.74) is -0.0220. The van der Waals surface area contributed by atoms with Crippen LogP contribution in [0.4, 0.5) is 34.8 Å². The predicted molar refractivity (Wildman–Crippen MR) is 131 cm³/mol. The minimum atomic E-state index is -2.80. The number of carbonyl (C=O) groups excluding carboxylic acids is 3. The zero-order chi connectivity index (χ0) is 29.8. The fraction of sp³-hybridized carbons (Fsp3) is 0.435. The van der Waals surface area contributed by atoms with E-state index in [1.807, 2.05) is 0 Å². The van der Waals surface area contributed by atoms with E-state index in [9.17, 15) is 28.5 Å². The number of nitrogens with one attached hydrogen (secondary N) is 1. The third-order valence-electron chi connectivity index (χ3n) is 5.41. The molecule has 0 unspecified atom stereocenters. The van der Waals surface area contributed by atoms with E-state index in [0.29, 0.717) is 13.0 Å². The van der Waals surface area contributed by atoms with E-state index < -0.39 is 47.2 Å². The maximum Gasteiger partial charge on any atom is 0.433 e. The fourth-order valence-electron chi connectivity index (χ4n) is 3.64. The quantitative estimate of drug-likeness (QED) is 0.181. The Bertz CT molecular complexity index is 1150. The molecule has 1 fully saturated rings. The maximum absolute atomic E-state index is 15.0. The monoisotopic (exact) mass is 577 g/mol. The number of likely N-dealkylation sites (N-methyl/N-ethyl adjacent to an activating group) is 2. The summed E-state index contributed by atoms with van der Waals surface area (Å²) in [7, 11) is 3.31. The van der Waals surface area contributed by atoms with Crippen LogP contribution in [0.5, 0.6) is 0 Å². The van der Waals surface area contributed by atoms with Crippen LogP contribution in [-0.2, 0) is 19.2 Å². The first-order chi connectivity index (χ1) is 19.0. The molecule has 17 heteroatoms. The first-order valence-electron chi connectivity index (χ1n) is 11.6. The van der Waals surface area contributed by atoms with Crippen molar-refractivity contribution in [2.24, 2.45) is 0 Å². The fourth-order valence-corrected chi connectivity index (χ4v) is 3.64. The summed E-state index contributed by atoms with van der Waals surface area (Å²) in [5, 5.41) is 14.6. The molecule has 220 valence electrons. The molecular formula is C23H27F4N5O8. The number of alkyl halides is 2. The first-order valence-corrected chi connectivity index (χ1v) is 11.6. The lowest BCUT2D eigenvalue weighted by molar-refractivity contribution is -0.402. The molecule has 1 aromatic heterocycles. The molecule has 0 aliphatic carbocycles. The lowest BCUT2D eigenvalue weighted by Crippen LogP contribution is -2.37. The summed E-state index contributed by atoms with van der Waals surface area (Å²) in [4.78, 5) is 50.3. The van der Waals surface area contributed by atoms with E-state index in [2.05, 4.69) is 5.32 Å². The molecule has 40 heavy (non-hydrogen) atoms. The standard InChI is InChI=1S/C21H25F2N5O7.C2H2F2O/c1-24-11-15(33-13-29)12-25(2)14-9-16(22)20(17(23)10-14)26-5-6-27(34-8-7-26)21(30)18-3-4-19(35-18)28(31)32;3-2(4)1-5/h3-4,9-10,13,15,24H,5-8,11-12H2,1-2H3;1-2H/t15-;/m0./s1. The molecule has 1 saturated heterocycles. The van der Waals surface area contributed by atoms with Gasteiger partial charge >= 0.3 is 11.8 Å². The number of halogens is 4. The number of rotatable bonds is 11. The number of amides is 1. The van der Waals surface area contributed by atoms with Gasteiger partial charge in [-0.25, -0.2) is 22.6 Å². The molecule has 3 rings (SSSR count). The number of hydrogen-bond acceptors (Lipinski definition) is 11. The SMILES string of the molecule is CNC[C@@H](CN(C)c1cc(F)c(N2CCON(C(=O)c3ccc([N+](=O)[O-])o3)CC2)c(F)c1)OC=O.O=CC(F)F. The molecule has 2 heterocycles. The Kier molecular flexibility index (Phi) is 12.3. The lowest BCUT2D eigenvalue weighted by atomic mass is 10.2. The molecule has 1 aliphatic heterocycles. The highest BCUT2D eigenvalue weighted by Crippen LogP contribution is 2.29. The van der Waals surface area contributed by atoms with Crippen LogP contribution in [0.15, 0.2) is 28.7 Å². The van der Waals surface area contributed by atoms with Gasteiger partial charge in [-0.05, 0) is 25.2 Å². The Balaban J connectivity index is 0.00000103. The molecular weight excluding hydrogens is 550 g/mol. The van der Waals surface area contributed by atoms with Crippen molar-refractivity contribution in [3.05, 3.63) is 51.8 Å². The minimum Gasteiger partial charge on any atom is -0.461 e. The molecule has 0 spiro atoms. The van der Waals surface area contributed by atoms with Gasteiger partial charge in [0.1, 0.15) is 16.7 Å². The van der Waals surface area contributed by atoms with Crippen LogP contribution in [0.3, 0.4) is 0 Å². The number of benzene rings is 1. The van der Waals surface area contributed by atoms with E-state index in [-0.39, 0.29) is 49.9 Å². The number of anilines is 2. The molecule has 1 atom stereocenters. The number of nitrogens with zero attached hydrogens (tertiary/aromatic N) is 4. The van der Waals surface area contributed by atoms with Crippen LogP contribution >= 0.6 is 0 Å². The van der Waals surface area contributed by atoms with Crippen molar-refractivity contribution in [2.45, 2.75) is 12.5 Å². The summed E-state index contributed by atoms with van der Waals surface area (Å²) in [6.45, 7) is 0.879. The smallest absolute Gasteiger partial charge is 0.433 e. The average Bonchev–Trinajstić information content (AvgIpc) is 3.29. The van der Waals surface area contributed by atoms with Gasteiger partial charge in [0, 0.05) is 32.4 Å². The summed E-state index contributed by atoms with van der Waals surface area (Å²) in [5.74, 6) is -3.24. The summed E-state index contributed by atoms with van der Waals surface area (Å²) >= 11 is 0. The van der Waals surface area contributed by atoms with Crippen molar-refractivity contribution in [3.8, 4) is 0 Å². The van der Waals surface area contributed by atoms with Gasteiger partial charge in [-0.1, -0.05) is 0 Å². The van der Waals surface area contributed by atoms with Gasteiger partial charge < -0.3 is 24.3 Å². The van der Waals surface area contributed by atoms with Crippen molar-refractivity contribution in [1.29, 1.82) is 0 Å². The van der Waals surface area contributed by atoms with Gasteiger partial charge in [0.05, 0.1) is 25.8 Å². The highest BCUT2D eigenvalue weighted by Gasteiger charge is 2.28. The van der Waals surface area contributed by atoms with Gasteiger partial charge in [-0.2, -0.15) is 0 Å². The van der Waals surface area contributed by atoms with E-state index in [1.165, 1.54) is 17.0 Å². The number of aldehydes is 1. The molecule has 1 amide bonds. The van der Waals surface area contributed by atoms with Crippen molar-refractivity contribution in [3.63, 3.8) is 0 Å². The highest BCUT2D eigenvalue weighted by atomic mass is 19.3. The van der Waals surface area contributed by atoms with Crippen molar-refractivity contribution in [2.75, 3.05) is 63.2 Å². The number of ether oxygens (including phenoxy) is 1. The maximum atomic E-state index is 15.0. The average molecular weight is 577 g/mol. The third-order valence-corrected chi connectivity index (χ3v) is 5.41. The first kappa shape index (κ1) is 32.0. The van der Waals surface area contributed by atoms with Crippen molar-refractivity contribution < 1.29 is 50.9 Å². The Labute approximate surface area is 225 Å². The van der Waals surface area contributed by atoms with Gasteiger partial charge in [0.25, 0.3) is 12.9 Å². The molecule has 0 saturated carbocycles. The molecule has 0 radical (unpaired) electrons. The topological polar surface area (TPSA) is 148 Å². The van der Waals surface area contributed by atoms with Gasteiger partial charge in [0.15, 0.2) is 17.9 Å². The number of nitro groups is 1. The second kappa shape index (κ2) is 15.4. The Morgan fingerprint density at radius 2 is 1.88 bits per heavy atom. The number of hydrogen-bond donors (Lipinski definition) is 1. The minimum absolute atomic E-state index is 0.0367. The van der Waals surface area contributed by atoms with Crippen molar-refractivity contribution >= 4 is 35.9 Å². The normalized spacial score (nSPS) is 14.1. The third kappa shape index (κ3) is 8.91. The van der Waals surface area contributed by atoms with Gasteiger partial charge in [0.2, 0.25) is 5.76 Å². The van der Waals surface area contributed by atoms with Crippen LogP contribution in [-0.4, -0.2) is 94.6 Å². The molecule has 1 aromatic carbocycles. The predicted octanol–water partition coefficient (Wildman–Crippen LogP) is 2.01. The Morgan fingerprint density at radius 1 is 1.23 bits per heavy atom. The van der Waals surface area contributed by atoms with Crippen molar-refractivity contribution in [1.82, 2.24) is 10.4 Å². The van der Waals surface area contributed by atoms with Crippen LogP contribution in [0.2, 0.25) is 0 Å². The highest BCUT2D eigenvalue weighted by molar-refractivity contribution is 5.91. The van der Waals surface area contributed by atoms with Gasteiger partial charge in [-0.15, -0.1) is 0 Å². The summed E-state index contributed by atoms with van der Waals surface area (Å²) in [6.07, 6.45) is -3.73. The molecule has 1 aliphatic rings. The zero-order valence-corrected chi connectivity index (χ0v) is 21.4. The lowest BCUT2D eigenvalue weighted by Gasteiger charge is -2.27. The van der Waals surface area contributed by atoms with Gasteiger partial charge in [-0.3, -0.25) is 29.3 Å². The van der Waals surface area contributed by atoms with Crippen LogP contribution in [0.25, 0.3) is 0 Å². The van der Waals surface area contributed by atoms with Crippen LogP contribution < -0.4 is 15.1 Å². The number of hydroxylamine groups is 2. The zero-order valence-electron chi connectivity index (χ0n) is 21.4. The second-order valence-electron chi connectivity index (χ2n) is 8.14.